The van der Waals surface area contributed by atoms with Crippen LogP contribution in [0.15, 0.2) is 35.7 Å². The summed E-state index contributed by atoms with van der Waals surface area (Å²) in [6.45, 7) is 0. The predicted molar refractivity (Wildman–Crippen MR) is 119 cm³/mol. The summed E-state index contributed by atoms with van der Waals surface area (Å²) >= 11 is -1.61. The van der Waals surface area contributed by atoms with Crippen LogP contribution in [0.4, 0.5) is 0 Å². The highest BCUT2D eigenvalue weighted by molar-refractivity contribution is 7.95. The molecule has 0 bridgehead atoms. The molecular formula is C22H24O8S. The molecule has 0 aliphatic carbocycles. The van der Waals surface area contributed by atoms with Crippen LogP contribution in [-0.4, -0.2) is 54.7 Å². The summed E-state index contributed by atoms with van der Waals surface area (Å²) < 4.78 is 33.2. The van der Waals surface area contributed by atoms with E-state index in [0.717, 1.165) is 0 Å². The molecule has 0 spiro atoms. The van der Waals surface area contributed by atoms with Gasteiger partial charge in [-0.05, 0) is 23.3 Å². The zero-order valence-electron chi connectivity index (χ0n) is 17.6. The monoisotopic (exact) mass is 448 g/mol. The van der Waals surface area contributed by atoms with Gasteiger partial charge in [0.25, 0.3) is 0 Å². The Kier molecular flexibility index (Phi) is 8.65. The number of ketones is 1. The first-order chi connectivity index (χ1) is 14.8. The smallest absolute Gasteiger partial charge is 0.205 e. The number of aromatic hydroxyl groups is 2. The number of carbonyl (C=O) groups is 1. The van der Waals surface area contributed by atoms with Crippen molar-refractivity contribution < 1.29 is 38.5 Å². The Bertz CT molecular complexity index is 933. The third kappa shape index (κ3) is 6.34. The molecule has 0 saturated carbocycles. The molecule has 0 radical (unpaired) electrons. The molecule has 0 amide bonds. The van der Waals surface area contributed by atoms with E-state index in [0.29, 0.717) is 34.1 Å². The van der Waals surface area contributed by atoms with Crippen molar-refractivity contribution in [1.29, 1.82) is 0 Å². The molecule has 166 valence electrons. The minimum atomic E-state index is -1.61. The van der Waals surface area contributed by atoms with E-state index in [1.165, 1.54) is 76.3 Å². The van der Waals surface area contributed by atoms with E-state index < -0.39 is 11.2 Å². The third-order valence-electron chi connectivity index (χ3n) is 4.16. The van der Waals surface area contributed by atoms with Crippen molar-refractivity contribution in [3.8, 4) is 34.5 Å². The van der Waals surface area contributed by atoms with Crippen LogP contribution >= 0.6 is 0 Å². The lowest BCUT2D eigenvalue weighted by atomic mass is 10.1. The fraction of sp³-hybridized carbons (Fsp3) is 0.227. The van der Waals surface area contributed by atoms with Gasteiger partial charge in [0.2, 0.25) is 5.78 Å². The van der Waals surface area contributed by atoms with Gasteiger partial charge in [0.15, 0.2) is 5.75 Å². The van der Waals surface area contributed by atoms with Gasteiger partial charge in [0.1, 0.15) is 39.9 Å². The minimum absolute atomic E-state index is 0.0348. The van der Waals surface area contributed by atoms with Crippen molar-refractivity contribution in [2.24, 2.45) is 0 Å². The molecule has 31 heavy (non-hydrogen) atoms. The number of benzene rings is 2. The van der Waals surface area contributed by atoms with E-state index in [1.807, 2.05) is 0 Å². The summed E-state index contributed by atoms with van der Waals surface area (Å²) in [5.41, 5.74) is 0.953. The fourth-order valence-electron chi connectivity index (χ4n) is 2.74. The van der Waals surface area contributed by atoms with Crippen LogP contribution < -0.4 is 18.9 Å². The molecule has 2 aromatic carbocycles. The number of allylic oxidation sites excluding steroid dienone is 1. The standard InChI is InChI=1S/C22H24O8S/c1-27-19-9-15(24)10-20(28-2)17(19)6-5-14(23)13-31(26)8-7-18-21(29-3)11-16(25)12-22(18)30-4/h5-12,24-25H,13H2,1-4H3/b6-5+,8-7+. The Hall–Kier alpha value is -3.30. The van der Waals surface area contributed by atoms with Crippen molar-refractivity contribution >= 4 is 29.1 Å². The first-order valence-corrected chi connectivity index (χ1v) is 10.4. The van der Waals surface area contributed by atoms with Gasteiger partial charge in [0, 0.05) is 30.3 Å². The van der Waals surface area contributed by atoms with Crippen molar-refractivity contribution in [2.45, 2.75) is 0 Å². The summed E-state index contributed by atoms with van der Waals surface area (Å²) in [6.07, 6.45) is 4.26. The number of ether oxygens (including phenoxy) is 4. The topological polar surface area (TPSA) is 118 Å². The molecular weight excluding hydrogens is 424 g/mol. The maximum absolute atomic E-state index is 12.4. The molecule has 0 heterocycles. The van der Waals surface area contributed by atoms with Crippen molar-refractivity contribution in [3.63, 3.8) is 0 Å². The van der Waals surface area contributed by atoms with Crippen LogP contribution in [0.5, 0.6) is 34.5 Å². The Morgan fingerprint density at radius 2 is 1.23 bits per heavy atom. The Balaban J connectivity index is 2.14. The molecule has 0 saturated heterocycles. The first-order valence-electron chi connectivity index (χ1n) is 8.99. The second-order valence-corrected chi connectivity index (χ2v) is 7.48. The van der Waals surface area contributed by atoms with Gasteiger partial charge in [-0.1, -0.05) is 0 Å². The van der Waals surface area contributed by atoms with Crippen LogP contribution in [-0.2, 0) is 16.0 Å². The maximum Gasteiger partial charge on any atom is 0.205 e. The third-order valence-corrected chi connectivity index (χ3v) is 5.17. The average Bonchev–Trinajstić information content (AvgIpc) is 2.75. The van der Waals surface area contributed by atoms with Crippen molar-refractivity contribution in [3.05, 3.63) is 46.9 Å². The Morgan fingerprint density at radius 1 is 0.839 bits per heavy atom. The second-order valence-electron chi connectivity index (χ2n) is 6.16. The Morgan fingerprint density at radius 3 is 1.61 bits per heavy atom. The number of phenolic OH excluding ortho intramolecular Hbond substituents is 2. The number of rotatable bonds is 10. The molecule has 1 atom stereocenters. The van der Waals surface area contributed by atoms with Crippen LogP contribution in [0.1, 0.15) is 11.1 Å². The lowest BCUT2D eigenvalue weighted by molar-refractivity contribution is -0.112. The zero-order chi connectivity index (χ0) is 23.0. The average molecular weight is 448 g/mol. The van der Waals surface area contributed by atoms with Gasteiger partial charge in [-0.3, -0.25) is 4.79 Å². The second kappa shape index (κ2) is 11.2. The summed E-state index contributed by atoms with van der Waals surface area (Å²) in [5, 5.41) is 20.7. The lowest BCUT2D eigenvalue weighted by Crippen LogP contribution is -2.11. The van der Waals surface area contributed by atoms with Gasteiger partial charge in [-0.25, -0.2) is 0 Å². The van der Waals surface area contributed by atoms with E-state index in [2.05, 4.69) is 0 Å². The number of hydrogen-bond acceptors (Lipinski definition) is 8. The molecule has 2 N–H and O–H groups in total. The van der Waals surface area contributed by atoms with E-state index in [4.69, 9.17) is 18.9 Å². The summed E-state index contributed by atoms with van der Waals surface area (Å²) in [5.74, 6) is 0.617. The SMILES string of the molecule is COc1cc(O)cc(OC)c1/C=C/C(=O)C[S+]([O-])/C=C/c1c(OC)cc(O)cc1OC. The molecule has 9 heteroatoms. The first kappa shape index (κ1) is 24.0. The number of carbonyl (C=O) groups excluding carboxylic acids is 1. The van der Waals surface area contributed by atoms with Crippen LogP contribution in [0.25, 0.3) is 12.2 Å². The van der Waals surface area contributed by atoms with Gasteiger partial charge in [-0.2, -0.15) is 0 Å². The number of hydrogen-bond donors (Lipinski definition) is 2. The summed E-state index contributed by atoms with van der Waals surface area (Å²) in [6, 6.07) is 5.59. The van der Waals surface area contributed by atoms with Crippen LogP contribution in [0.3, 0.4) is 0 Å². The molecule has 0 aliphatic heterocycles. The number of methoxy groups -OCH3 is 4. The molecule has 2 aromatic rings. The van der Waals surface area contributed by atoms with E-state index in [1.54, 1.807) is 0 Å². The molecule has 2 rings (SSSR count). The maximum atomic E-state index is 12.4. The molecule has 1 unspecified atom stereocenters. The normalized spacial score (nSPS) is 12.2. The van der Waals surface area contributed by atoms with Crippen LogP contribution in [0, 0.1) is 0 Å². The highest BCUT2D eigenvalue weighted by atomic mass is 32.2. The fourth-order valence-corrected chi connectivity index (χ4v) is 3.50. The van der Waals surface area contributed by atoms with E-state index in [9.17, 15) is 19.6 Å². The molecule has 0 aliphatic rings. The molecule has 0 aromatic heterocycles. The van der Waals surface area contributed by atoms with Gasteiger partial charge >= 0.3 is 0 Å². The predicted octanol–water partition coefficient (Wildman–Crippen LogP) is 3.13. The lowest BCUT2D eigenvalue weighted by Gasteiger charge is -2.11. The minimum Gasteiger partial charge on any atom is -0.612 e. The van der Waals surface area contributed by atoms with Crippen molar-refractivity contribution in [2.75, 3.05) is 34.2 Å². The van der Waals surface area contributed by atoms with Gasteiger partial charge < -0.3 is 33.7 Å². The largest absolute Gasteiger partial charge is 0.612 e. The highest BCUT2D eigenvalue weighted by Crippen LogP contribution is 2.35. The number of phenols is 2. The quantitative estimate of drug-likeness (QED) is 0.421. The summed E-state index contributed by atoms with van der Waals surface area (Å²) in [4.78, 5) is 12.3. The molecule has 0 fully saturated rings. The highest BCUT2D eigenvalue weighted by Gasteiger charge is 2.14. The molecule has 8 nitrogen and oxygen atoms in total. The van der Waals surface area contributed by atoms with Crippen molar-refractivity contribution in [1.82, 2.24) is 0 Å². The van der Waals surface area contributed by atoms with E-state index >= 15 is 0 Å². The summed E-state index contributed by atoms with van der Waals surface area (Å²) in [7, 11) is 5.73. The zero-order valence-corrected chi connectivity index (χ0v) is 18.4. The Labute approximate surface area is 183 Å². The van der Waals surface area contributed by atoms with Crippen LogP contribution in [0.2, 0.25) is 0 Å². The van der Waals surface area contributed by atoms with Gasteiger partial charge in [-0.15, -0.1) is 0 Å². The van der Waals surface area contributed by atoms with Gasteiger partial charge in [0.05, 0.1) is 39.6 Å². The van der Waals surface area contributed by atoms with E-state index in [-0.39, 0.29) is 23.0 Å².